The number of nitrogens with one attached hydrogen (secondary N) is 1. The number of hydrogen-bond donors (Lipinski definition) is 1. The summed E-state index contributed by atoms with van der Waals surface area (Å²) < 4.78 is 5.18. The average molecular weight is 318 g/mol. The topological polar surface area (TPSA) is 58.6 Å². The molecule has 0 unspecified atom stereocenters. The fraction of sp³-hybridized carbons (Fsp3) is 0.556. The van der Waals surface area contributed by atoms with Crippen molar-refractivity contribution in [3.8, 4) is 5.75 Å². The van der Waals surface area contributed by atoms with Crippen LogP contribution >= 0.6 is 0 Å². The van der Waals surface area contributed by atoms with Gasteiger partial charge in [0.25, 0.3) is 0 Å². The number of amides is 2. The second-order valence-corrected chi connectivity index (χ2v) is 6.51. The van der Waals surface area contributed by atoms with Crippen LogP contribution in [-0.2, 0) is 9.59 Å². The average Bonchev–Trinajstić information content (AvgIpc) is 2.54. The van der Waals surface area contributed by atoms with Crippen LogP contribution in [0, 0.1) is 11.8 Å². The van der Waals surface area contributed by atoms with Gasteiger partial charge in [-0.25, -0.2) is 0 Å². The molecule has 0 radical (unpaired) electrons. The molecule has 0 aliphatic carbocycles. The van der Waals surface area contributed by atoms with Crippen LogP contribution in [0.3, 0.4) is 0 Å². The molecule has 1 aromatic carbocycles. The van der Waals surface area contributed by atoms with Gasteiger partial charge in [0.1, 0.15) is 5.75 Å². The first-order valence-electron chi connectivity index (χ1n) is 8.10. The largest absolute Gasteiger partial charge is 0.497 e. The summed E-state index contributed by atoms with van der Waals surface area (Å²) in [6, 6.07) is 7.68. The smallest absolute Gasteiger partial charge is 0.224 e. The SMILES string of the molecule is COc1ccc([C@H](NC(=O)[C@H]2CCN(C)C(=O)C2)C(C)C)cc1. The zero-order valence-corrected chi connectivity index (χ0v) is 14.3. The van der Waals surface area contributed by atoms with Gasteiger partial charge in [0.15, 0.2) is 0 Å². The molecule has 1 aromatic rings. The van der Waals surface area contributed by atoms with Gasteiger partial charge < -0.3 is 15.0 Å². The van der Waals surface area contributed by atoms with Crippen molar-refractivity contribution < 1.29 is 14.3 Å². The molecule has 23 heavy (non-hydrogen) atoms. The monoisotopic (exact) mass is 318 g/mol. The van der Waals surface area contributed by atoms with E-state index in [1.165, 1.54) is 0 Å². The second-order valence-electron chi connectivity index (χ2n) is 6.51. The van der Waals surface area contributed by atoms with Crippen molar-refractivity contribution in [2.24, 2.45) is 11.8 Å². The number of carbonyl (C=O) groups is 2. The van der Waals surface area contributed by atoms with Crippen molar-refractivity contribution in [2.45, 2.75) is 32.7 Å². The van der Waals surface area contributed by atoms with Gasteiger partial charge in [-0.1, -0.05) is 26.0 Å². The van der Waals surface area contributed by atoms with Gasteiger partial charge in [-0.2, -0.15) is 0 Å². The summed E-state index contributed by atoms with van der Waals surface area (Å²) in [4.78, 5) is 26.0. The van der Waals surface area contributed by atoms with Crippen molar-refractivity contribution in [1.29, 1.82) is 0 Å². The maximum atomic E-state index is 12.6. The molecule has 0 saturated carbocycles. The zero-order chi connectivity index (χ0) is 17.0. The summed E-state index contributed by atoms with van der Waals surface area (Å²) in [6.45, 7) is 4.80. The van der Waals surface area contributed by atoms with Crippen LogP contribution in [0.15, 0.2) is 24.3 Å². The fourth-order valence-corrected chi connectivity index (χ4v) is 2.88. The number of rotatable bonds is 5. The Balaban J connectivity index is 2.06. The lowest BCUT2D eigenvalue weighted by molar-refractivity contribution is -0.139. The van der Waals surface area contributed by atoms with Gasteiger partial charge >= 0.3 is 0 Å². The van der Waals surface area contributed by atoms with Crippen LogP contribution in [0.2, 0.25) is 0 Å². The van der Waals surface area contributed by atoms with Crippen LogP contribution < -0.4 is 10.1 Å². The standard InChI is InChI=1S/C18H26N2O3/c1-12(2)17(13-5-7-15(23-4)8-6-13)19-18(22)14-9-10-20(3)16(21)11-14/h5-8,12,14,17H,9-11H2,1-4H3,(H,19,22)/t14-,17+/m0/s1. The highest BCUT2D eigenvalue weighted by atomic mass is 16.5. The third-order valence-corrected chi connectivity index (χ3v) is 4.47. The van der Waals surface area contributed by atoms with E-state index in [4.69, 9.17) is 4.74 Å². The van der Waals surface area contributed by atoms with Crippen LogP contribution in [0.1, 0.15) is 38.3 Å². The molecule has 2 atom stereocenters. The van der Waals surface area contributed by atoms with Crippen LogP contribution in [0.25, 0.3) is 0 Å². The highest BCUT2D eigenvalue weighted by molar-refractivity contribution is 5.87. The number of ether oxygens (including phenoxy) is 1. The second kappa shape index (κ2) is 7.49. The number of carbonyl (C=O) groups excluding carboxylic acids is 2. The van der Waals surface area contributed by atoms with Crippen molar-refractivity contribution >= 4 is 11.8 Å². The highest BCUT2D eigenvalue weighted by Crippen LogP contribution is 2.26. The van der Waals surface area contributed by atoms with E-state index < -0.39 is 0 Å². The van der Waals surface area contributed by atoms with E-state index in [0.717, 1.165) is 17.7 Å². The van der Waals surface area contributed by atoms with E-state index in [2.05, 4.69) is 19.2 Å². The number of piperidine rings is 1. The molecule has 1 fully saturated rings. The maximum Gasteiger partial charge on any atom is 0.224 e. The first-order valence-corrected chi connectivity index (χ1v) is 8.10. The lowest BCUT2D eigenvalue weighted by Gasteiger charge is -2.30. The third kappa shape index (κ3) is 4.24. The Bertz CT molecular complexity index is 554. The van der Waals surface area contributed by atoms with Gasteiger partial charge in [0, 0.05) is 25.9 Å². The lowest BCUT2D eigenvalue weighted by atomic mass is 9.92. The van der Waals surface area contributed by atoms with Crippen LogP contribution in [0.5, 0.6) is 5.75 Å². The van der Waals surface area contributed by atoms with E-state index in [-0.39, 0.29) is 29.7 Å². The van der Waals surface area contributed by atoms with Crippen molar-refractivity contribution in [3.63, 3.8) is 0 Å². The van der Waals surface area contributed by atoms with E-state index >= 15 is 0 Å². The summed E-state index contributed by atoms with van der Waals surface area (Å²) in [5.41, 5.74) is 1.05. The molecule has 0 spiro atoms. The predicted molar refractivity (Wildman–Crippen MR) is 89.1 cm³/mol. The van der Waals surface area contributed by atoms with Gasteiger partial charge in [-0.3, -0.25) is 9.59 Å². The molecule has 1 heterocycles. The van der Waals surface area contributed by atoms with Gasteiger partial charge in [-0.15, -0.1) is 0 Å². The molecule has 5 heteroatoms. The number of nitrogens with zero attached hydrogens (tertiary/aromatic N) is 1. The van der Waals surface area contributed by atoms with Crippen molar-refractivity contribution in [2.75, 3.05) is 20.7 Å². The Morgan fingerprint density at radius 3 is 2.48 bits per heavy atom. The minimum Gasteiger partial charge on any atom is -0.497 e. The Kier molecular flexibility index (Phi) is 5.64. The first kappa shape index (κ1) is 17.3. The van der Waals surface area contributed by atoms with Crippen molar-refractivity contribution in [3.05, 3.63) is 29.8 Å². The van der Waals surface area contributed by atoms with Gasteiger partial charge in [-0.05, 0) is 30.0 Å². The molecule has 5 nitrogen and oxygen atoms in total. The Morgan fingerprint density at radius 1 is 1.30 bits per heavy atom. The summed E-state index contributed by atoms with van der Waals surface area (Å²) in [5, 5.41) is 3.12. The summed E-state index contributed by atoms with van der Waals surface area (Å²) in [7, 11) is 3.42. The van der Waals surface area contributed by atoms with Crippen LogP contribution in [0.4, 0.5) is 0 Å². The van der Waals surface area contributed by atoms with E-state index in [9.17, 15) is 9.59 Å². The quantitative estimate of drug-likeness (QED) is 0.907. The summed E-state index contributed by atoms with van der Waals surface area (Å²) in [6.07, 6.45) is 1.03. The summed E-state index contributed by atoms with van der Waals surface area (Å²) >= 11 is 0. The molecule has 1 saturated heterocycles. The van der Waals surface area contributed by atoms with Gasteiger partial charge in [0.05, 0.1) is 13.2 Å². The number of hydrogen-bond acceptors (Lipinski definition) is 3. The number of methoxy groups -OCH3 is 1. The molecular formula is C18H26N2O3. The first-order chi connectivity index (χ1) is 10.9. The highest BCUT2D eigenvalue weighted by Gasteiger charge is 2.30. The molecule has 1 aliphatic heterocycles. The summed E-state index contributed by atoms with van der Waals surface area (Å²) in [5.74, 6) is 0.846. The normalized spacial score (nSPS) is 19.6. The van der Waals surface area contributed by atoms with E-state index in [1.807, 2.05) is 24.3 Å². The minimum atomic E-state index is -0.224. The molecule has 1 N–H and O–H groups in total. The number of likely N-dealkylation sites (tertiary alicyclic amines) is 1. The predicted octanol–water partition coefficient (Wildman–Crippen LogP) is 2.38. The Labute approximate surface area is 138 Å². The lowest BCUT2D eigenvalue weighted by Crippen LogP contribution is -2.43. The van der Waals surface area contributed by atoms with Crippen molar-refractivity contribution in [1.82, 2.24) is 10.2 Å². The Morgan fingerprint density at radius 2 is 1.96 bits per heavy atom. The molecule has 1 aliphatic rings. The number of benzene rings is 1. The molecule has 2 rings (SSSR count). The van der Waals surface area contributed by atoms with E-state index in [1.54, 1.807) is 19.1 Å². The van der Waals surface area contributed by atoms with Gasteiger partial charge in [0.2, 0.25) is 11.8 Å². The molecule has 2 amide bonds. The van der Waals surface area contributed by atoms with E-state index in [0.29, 0.717) is 13.0 Å². The zero-order valence-electron chi connectivity index (χ0n) is 14.3. The molecular weight excluding hydrogens is 292 g/mol. The molecule has 0 bridgehead atoms. The molecule has 0 aromatic heterocycles. The fourth-order valence-electron chi connectivity index (χ4n) is 2.88. The minimum absolute atomic E-state index is 0.0269. The Hall–Kier alpha value is -2.04. The van der Waals surface area contributed by atoms with Crippen LogP contribution in [-0.4, -0.2) is 37.4 Å². The maximum absolute atomic E-state index is 12.6. The third-order valence-electron chi connectivity index (χ3n) is 4.47. The molecule has 126 valence electrons.